The number of likely N-dealkylation sites (tertiary alicyclic amines) is 1. The minimum absolute atomic E-state index is 0.214. The van der Waals surface area contributed by atoms with Crippen LogP contribution in [0.4, 0.5) is 0 Å². The molecule has 0 radical (unpaired) electrons. The Morgan fingerprint density at radius 1 is 1.40 bits per heavy atom. The molecule has 2 atom stereocenters. The maximum atomic E-state index is 12.8. The number of hydrogen-bond acceptors (Lipinski definition) is 5. The lowest BCUT2D eigenvalue weighted by Crippen LogP contribution is -2.45. The highest BCUT2D eigenvalue weighted by atomic mass is 16.5. The van der Waals surface area contributed by atoms with Crippen molar-refractivity contribution in [2.45, 2.75) is 18.5 Å². The fourth-order valence-electron chi connectivity index (χ4n) is 3.02. The van der Waals surface area contributed by atoms with Crippen molar-refractivity contribution in [2.75, 3.05) is 20.7 Å². The zero-order valence-corrected chi connectivity index (χ0v) is 14.2. The number of H-pyrrole nitrogens is 1. The Kier molecular flexibility index (Phi) is 4.71. The number of nitrogens with one attached hydrogen (secondary N) is 2. The molecule has 0 bridgehead atoms. The summed E-state index contributed by atoms with van der Waals surface area (Å²) in [6.07, 6.45) is 0.447. The summed E-state index contributed by atoms with van der Waals surface area (Å²) in [5.74, 6) is 0.204. The van der Waals surface area contributed by atoms with Crippen LogP contribution in [-0.2, 0) is 4.79 Å². The Balaban J connectivity index is 1.83. The summed E-state index contributed by atoms with van der Waals surface area (Å²) in [6, 6.07) is 8.30. The SMILES string of the molecule is CNC(=O)[C@@H]1C[C@@H](N)CN1C(=O)c1cc(-c2cccc(OC)c2)n[nH]1. The molecule has 0 saturated carbocycles. The molecular weight excluding hydrogens is 322 g/mol. The predicted molar refractivity (Wildman–Crippen MR) is 92.1 cm³/mol. The normalized spacial score (nSPS) is 19.7. The second-order valence-corrected chi connectivity index (χ2v) is 5.98. The largest absolute Gasteiger partial charge is 0.497 e. The number of nitrogens with two attached hydrogens (primary N) is 1. The first-order chi connectivity index (χ1) is 12.0. The zero-order chi connectivity index (χ0) is 18.0. The molecule has 2 aromatic rings. The fourth-order valence-corrected chi connectivity index (χ4v) is 3.02. The first kappa shape index (κ1) is 17.0. The maximum Gasteiger partial charge on any atom is 0.272 e. The second kappa shape index (κ2) is 6.94. The van der Waals surface area contributed by atoms with Crippen molar-refractivity contribution >= 4 is 11.8 Å². The van der Waals surface area contributed by atoms with Gasteiger partial charge in [0.1, 0.15) is 17.5 Å². The molecule has 8 nitrogen and oxygen atoms in total. The van der Waals surface area contributed by atoms with Crippen LogP contribution >= 0.6 is 0 Å². The van der Waals surface area contributed by atoms with Gasteiger partial charge in [-0.05, 0) is 24.6 Å². The Morgan fingerprint density at radius 2 is 2.20 bits per heavy atom. The van der Waals surface area contributed by atoms with E-state index in [1.54, 1.807) is 20.2 Å². The number of rotatable bonds is 4. The van der Waals surface area contributed by atoms with Crippen molar-refractivity contribution < 1.29 is 14.3 Å². The molecular formula is C17H21N5O3. The van der Waals surface area contributed by atoms with Gasteiger partial charge in [0.15, 0.2) is 0 Å². The van der Waals surface area contributed by atoms with E-state index in [2.05, 4.69) is 15.5 Å². The van der Waals surface area contributed by atoms with Gasteiger partial charge in [0.25, 0.3) is 5.91 Å². The molecule has 0 aliphatic carbocycles. The molecule has 0 unspecified atom stereocenters. The summed E-state index contributed by atoms with van der Waals surface area (Å²) < 4.78 is 5.20. The molecule has 25 heavy (non-hydrogen) atoms. The molecule has 2 amide bonds. The smallest absolute Gasteiger partial charge is 0.272 e. The highest BCUT2D eigenvalue weighted by molar-refractivity contribution is 5.97. The van der Waals surface area contributed by atoms with Gasteiger partial charge >= 0.3 is 0 Å². The summed E-state index contributed by atoms with van der Waals surface area (Å²) >= 11 is 0. The summed E-state index contributed by atoms with van der Waals surface area (Å²) in [5, 5.41) is 9.54. The van der Waals surface area contributed by atoms with Gasteiger partial charge in [-0.3, -0.25) is 14.7 Å². The lowest BCUT2D eigenvalue weighted by molar-refractivity contribution is -0.124. The highest BCUT2D eigenvalue weighted by Crippen LogP contribution is 2.24. The van der Waals surface area contributed by atoms with Crippen molar-refractivity contribution in [1.82, 2.24) is 20.4 Å². The van der Waals surface area contributed by atoms with Crippen molar-refractivity contribution in [3.63, 3.8) is 0 Å². The van der Waals surface area contributed by atoms with Crippen LogP contribution in [0.3, 0.4) is 0 Å². The molecule has 1 aliphatic heterocycles. The number of nitrogens with zero attached hydrogens (tertiary/aromatic N) is 2. The molecule has 1 aromatic heterocycles. The summed E-state index contributed by atoms with van der Waals surface area (Å²) in [7, 11) is 3.14. The van der Waals surface area contributed by atoms with E-state index in [-0.39, 0.29) is 17.9 Å². The van der Waals surface area contributed by atoms with E-state index >= 15 is 0 Å². The number of amides is 2. The van der Waals surface area contributed by atoms with E-state index in [1.807, 2.05) is 24.3 Å². The van der Waals surface area contributed by atoms with Crippen LogP contribution in [0.15, 0.2) is 30.3 Å². The van der Waals surface area contributed by atoms with E-state index in [1.165, 1.54) is 4.90 Å². The molecule has 0 spiro atoms. The number of aromatic amines is 1. The Hall–Kier alpha value is -2.87. The van der Waals surface area contributed by atoms with Gasteiger partial charge in [-0.25, -0.2) is 0 Å². The third kappa shape index (κ3) is 3.34. The topological polar surface area (TPSA) is 113 Å². The van der Waals surface area contributed by atoms with Crippen molar-refractivity contribution in [1.29, 1.82) is 0 Å². The standard InChI is InChI=1S/C17H21N5O3/c1-19-16(23)15-7-11(18)9-22(15)17(24)14-8-13(20-21-14)10-4-3-5-12(6-10)25-2/h3-6,8,11,15H,7,9,18H2,1-2H3,(H,19,23)(H,20,21)/t11-,15+/m1/s1. The molecule has 1 fully saturated rings. The summed E-state index contributed by atoms with van der Waals surface area (Å²) in [6.45, 7) is 0.338. The van der Waals surface area contributed by atoms with Gasteiger partial charge in [-0.15, -0.1) is 0 Å². The predicted octanol–water partition coefficient (Wildman–Crippen LogP) is 0.373. The first-order valence-corrected chi connectivity index (χ1v) is 8.01. The van der Waals surface area contributed by atoms with Crippen molar-refractivity contribution in [3.8, 4) is 17.0 Å². The van der Waals surface area contributed by atoms with E-state index in [9.17, 15) is 9.59 Å². The number of carbonyl (C=O) groups excluding carboxylic acids is 2. The number of carbonyl (C=O) groups is 2. The first-order valence-electron chi connectivity index (χ1n) is 8.01. The van der Waals surface area contributed by atoms with Gasteiger partial charge in [-0.2, -0.15) is 5.10 Å². The van der Waals surface area contributed by atoms with Crippen molar-refractivity contribution in [3.05, 3.63) is 36.0 Å². The van der Waals surface area contributed by atoms with Gasteiger partial charge < -0.3 is 20.7 Å². The molecule has 4 N–H and O–H groups in total. The maximum absolute atomic E-state index is 12.8. The van der Waals surface area contributed by atoms with Crippen molar-refractivity contribution in [2.24, 2.45) is 5.73 Å². The van der Waals surface area contributed by atoms with Gasteiger partial charge in [-0.1, -0.05) is 12.1 Å². The number of benzene rings is 1. The third-order valence-electron chi connectivity index (χ3n) is 4.32. The number of hydrogen-bond donors (Lipinski definition) is 3. The van der Waals surface area contributed by atoms with Crippen LogP contribution in [0, 0.1) is 0 Å². The van der Waals surface area contributed by atoms with E-state index in [0.29, 0.717) is 30.1 Å². The molecule has 132 valence electrons. The summed E-state index contributed by atoms with van der Waals surface area (Å²) in [5.41, 5.74) is 7.72. The molecule has 8 heteroatoms. The Bertz CT molecular complexity index is 788. The molecule has 1 aliphatic rings. The minimum atomic E-state index is -0.559. The molecule has 1 aromatic carbocycles. The lowest BCUT2D eigenvalue weighted by atomic mass is 10.1. The van der Waals surface area contributed by atoms with Crippen LogP contribution in [0.5, 0.6) is 5.75 Å². The molecule has 3 rings (SSSR count). The molecule has 1 saturated heterocycles. The van der Waals surface area contributed by atoms with Crippen LogP contribution in [-0.4, -0.2) is 59.7 Å². The number of ether oxygens (including phenoxy) is 1. The number of aromatic nitrogens is 2. The van der Waals surface area contributed by atoms with Crippen LogP contribution in [0.25, 0.3) is 11.3 Å². The lowest BCUT2D eigenvalue weighted by Gasteiger charge is -2.22. The Labute approximate surface area is 145 Å². The van der Waals surface area contributed by atoms with Gasteiger partial charge in [0.05, 0.1) is 12.8 Å². The van der Waals surface area contributed by atoms with Crippen LogP contribution in [0.1, 0.15) is 16.9 Å². The zero-order valence-electron chi connectivity index (χ0n) is 14.2. The third-order valence-corrected chi connectivity index (χ3v) is 4.32. The van der Waals surface area contributed by atoms with Crippen LogP contribution < -0.4 is 15.8 Å². The van der Waals surface area contributed by atoms with Crippen LogP contribution in [0.2, 0.25) is 0 Å². The van der Waals surface area contributed by atoms with Gasteiger partial charge in [0, 0.05) is 25.2 Å². The van der Waals surface area contributed by atoms with E-state index in [4.69, 9.17) is 10.5 Å². The minimum Gasteiger partial charge on any atom is -0.497 e. The number of methoxy groups -OCH3 is 1. The van der Waals surface area contributed by atoms with E-state index < -0.39 is 6.04 Å². The average Bonchev–Trinajstić information content (AvgIpc) is 3.27. The van der Waals surface area contributed by atoms with Gasteiger partial charge in [0.2, 0.25) is 5.91 Å². The Morgan fingerprint density at radius 3 is 2.92 bits per heavy atom. The second-order valence-electron chi connectivity index (χ2n) is 5.98. The summed E-state index contributed by atoms with van der Waals surface area (Å²) in [4.78, 5) is 26.3. The molecule has 2 heterocycles. The fraction of sp³-hybridized carbons (Fsp3) is 0.353. The average molecular weight is 343 g/mol. The monoisotopic (exact) mass is 343 g/mol. The van der Waals surface area contributed by atoms with E-state index in [0.717, 1.165) is 5.56 Å². The number of likely N-dealkylation sites (N-methyl/N-ethyl adjacent to an activating group) is 1. The highest BCUT2D eigenvalue weighted by Gasteiger charge is 2.38. The quantitative estimate of drug-likeness (QED) is 0.742.